The van der Waals surface area contributed by atoms with Gasteiger partial charge in [-0.25, -0.2) is 0 Å². The Morgan fingerprint density at radius 1 is 0.957 bits per heavy atom. The molecule has 0 unspecified atom stereocenters. The first-order valence-electron chi connectivity index (χ1n) is 8.72. The molecule has 5 aliphatic carbocycles. The second-order valence-corrected chi connectivity index (χ2v) is 11.0. The van der Waals surface area contributed by atoms with Crippen LogP contribution in [0.3, 0.4) is 0 Å². The SMILES string of the molecule is Cc1ccc(S(=O)(=O)O[C@@H]2[C@H]3[C@@H]4CC[C@@H]5[C@@H]3S[C@@H]3[C@@H]5[C@@H]4[C@@H]23)cc1. The number of benzene rings is 1. The molecule has 6 fully saturated rings. The van der Waals surface area contributed by atoms with E-state index in [1.165, 1.54) is 12.8 Å². The Kier molecular flexibility index (Phi) is 2.49. The van der Waals surface area contributed by atoms with Crippen LogP contribution in [0.2, 0.25) is 0 Å². The third kappa shape index (κ3) is 1.51. The molecule has 0 spiro atoms. The second kappa shape index (κ2) is 4.17. The lowest BCUT2D eigenvalue weighted by Gasteiger charge is -2.53. The van der Waals surface area contributed by atoms with Crippen molar-refractivity contribution in [3.05, 3.63) is 29.8 Å². The van der Waals surface area contributed by atoms with Crippen molar-refractivity contribution < 1.29 is 12.6 Å². The molecule has 9 atom stereocenters. The lowest BCUT2D eigenvalue weighted by Crippen LogP contribution is -2.54. The lowest BCUT2D eigenvalue weighted by molar-refractivity contribution is -0.0342. The van der Waals surface area contributed by atoms with E-state index in [0.717, 1.165) is 29.2 Å². The predicted octanol–water partition coefficient (Wildman–Crippen LogP) is 3.08. The van der Waals surface area contributed by atoms with Crippen molar-refractivity contribution in [1.82, 2.24) is 0 Å². The monoisotopic (exact) mass is 348 g/mol. The molecule has 7 rings (SSSR count). The first kappa shape index (κ1) is 13.7. The van der Waals surface area contributed by atoms with Crippen LogP contribution in [0, 0.1) is 42.4 Å². The molecule has 122 valence electrons. The van der Waals surface area contributed by atoms with Gasteiger partial charge in [0.25, 0.3) is 10.1 Å². The zero-order valence-corrected chi connectivity index (χ0v) is 14.6. The van der Waals surface area contributed by atoms with Crippen LogP contribution >= 0.6 is 11.8 Å². The molecule has 3 nitrogen and oxygen atoms in total. The Morgan fingerprint density at radius 3 is 2.48 bits per heavy atom. The van der Waals surface area contributed by atoms with Gasteiger partial charge < -0.3 is 0 Å². The first-order valence-corrected chi connectivity index (χ1v) is 11.1. The fourth-order valence-electron chi connectivity index (χ4n) is 6.72. The highest BCUT2D eigenvalue weighted by Gasteiger charge is 2.79. The molecule has 5 heteroatoms. The molecular formula is C18H20O3S2. The molecule has 0 radical (unpaired) electrons. The molecule has 1 aromatic rings. The van der Waals surface area contributed by atoms with Crippen LogP contribution in [-0.2, 0) is 14.3 Å². The van der Waals surface area contributed by atoms with E-state index in [4.69, 9.17) is 4.18 Å². The van der Waals surface area contributed by atoms with Gasteiger partial charge in [-0.3, -0.25) is 4.18 Å². The number of thioether (sulfide) groups is 1. The van der Waals surface area contributed by atoms with E-state index in [1.807, 2.05) is 19.1 Å². The average molecular weight is 348 g/mol. The zero-order valence-electron chi connectivity index (χ0n) is 13.0. The maximum absolute atomic E-state index is 12.7. The maximum Gasteiger partial charge on any atom is 0.297 e. The largest absolute Gasteiger partial charge is 0.297 e. The molecule has 0 N–H and O–H groups in total. The summed E-state index contributed by atoms with van der Waals surface area (Å²) in [5.41, 5.74) is 1.07. The average Bonchev–Trinajstić information content (AvgIpc) is 2.83. The van der Waals surface area contributed by atoms with Gasteiger partial charge in [0.15, 0.2) is 0 Å². The van der Waals surface area contributed by atoms with Gasteiger partial charge in [0.05, 0.1) is 11.0 Å². The van der Waals surface area contributed by atoms with Crippen LogP contribution in [0.4, 0.5) is 0 Å². The molecule has 1 heterocycles. The standard InChI is InChI=1S/C18H20O3S2/c1-8-2-4-9(5-3-8)23(19,20)21-16-14-10-6-7-11-13-12(10)15(16)18(13)22-17(11)14/h2-5,10-18H,6-7H2,1H3/t10-,11+,12-,13+,14-,15+,16-,17+,18-/m1/s1. The Hall–Kier alpha value is -0.520. The predicted molar refractivity (Wildman–Crippen MR) is 88.6 cm³/mol. The highest BCUT2D eigenvalue weighted by Crippen LogP contribution is 2.80. The van der Waals surface area contributed by atoms with E-state index in [9.17, 15) is 8.42 Å². The molecule has 0 aromatic heterocycles. The third-order valence-corrected chi connectivity index (χ3v) is 10.6. The zero-order chi connectivity index (χ0) is 15.5. The number of hydrogen-bond acceptors (Lipinski definition) is 4. The fraction of sp³-hybridized carbons (Fsp3) is 0.667. The van der Waals surface area contributed by atoms with Crippen LogP contribution in [0.5, 0.6) is 0 Å². The normalized spacial score (nSPS) is 51.3. The van der Waals surface area contributed by atoms with Gasteiger partial charge in [-0.15, -0.1) is 0 Å². The van der Waals surface area contributed by atoms with Gasteiger partial charge in [0, 0.05) is 22.3 Å². The summed E-state index contributed by atoms with van der Waals surface area (Å²) in [6.45, 7) is 1.97. The summed E-state index contributed by atoms with van der Waals surface area (Å²) in [6, 6.07) is 7.05. The first-order chi connectivity index (χ1) is 11.1. The highest BCUT2D eigenvalue weighted by molar-refractivity contribution is 8.01. The summed E-state index contributed by atoms with van der Waals surface area (Å²) in [6.07, 6.45) is 2.64. The van der Waals surface area contributed by atoms with Crippen molar-refractivity contribution in [3.8, 4) is 0 Å². The Bertz CT molecular complexity index is 783. The van der Waals surface area contributed by atoms with Crippen LogP contribution in [0.1, 0.15) is 18.4 Å². The fourth-order valence-corrected chi connectivity index (χ4v) is 10.4. The van der Waals surface area contributed by atoms with Gasteiger partial charge in [0.2, 0.25) is 0 Å². The molecule has 6 aliphatic rings. The van der Waals surface area contributed by atoms with E-state index in [0.29, 0.717) is 27.2 Å². The van der Waals surface area contributed by atoms with E-state index in [2.05, 4.69) is 11.8 Å². The van der Waals surface area contributed by atoms with Crippen LogP contribution in [0.15, 0.2) is 29.2 Å². The Morgan fingerprint density at radius 2 is 1.70 bits per heavy atom. The van der Waals surface area contributed by atoms with Crippen LogP contribution < -0.4 is 0 Å². The van der Waals surface area contributed by atoms with Crippen LogP contribution in [-0.4, -0.2) is 25.0 Å². The van der Waals surface area contributed by atoms with Crippen molar-refractivity contribution in [3.63, 3.8) is 0 Å². The maximum atomic E-state index is 12.7. The molecule has 6 bridgehead atoms. The van der Waals surface area contributed by atoms with Gasteiger partial charge in [0.1, 0.15) is 0 Å². The third-order valence-electron chi connectivity index (χ3n) is 7.39. The minimum absolute atomic E-state index is 0.0471. The number of rotatable bonds is 3. The highest BCUT2D eigenvalue weighted by atomic mass is 32.2. The van der Waals surface area contributed by atoms with Crippen molar-refractivity contribution in [2.24, 2.45) is 35.5 Å². The summed E-state index contributed by atoms with van der Waals surface area (Å²) in [7, 11) is -3.64. The summed E-state index contributed by atoms with van der Waals surface area (Å²) in [4.78, 5) is 0.312. The Labute approximate surface area is 141 Å². The number of hydrogen-bond donors (Lipinski definition) is 0. The minimum atomic E-state index is -3.64. The van der Waals surface area contributed by atoms with Crippen molar-refractivity contribution >= 4 is 21.9 Å². The van der Waals surface area contributed by atoms with Crippen molar-refractivity contribution in [1.29, 1.82) is 0 Å². The molecule has 0 amide bonds. The van der Waals surface area contributed by atoms with Crippen molar-refractivity contribution in [2.45, 2.75) is 41.3 Å². The van der Waals surface area contributed by atoms with Gasteiger partial charge in [-0.2, -0.15) is 20.2 Å². The van der Waals surface area contributed by atoms with E-state index in [1.54, 1.807) is 12.1 Å². The summed E-state index contributed by atoms with van der Waals surface area (Å²) in [5, 5.41) is 1.37. The van der Waals surface area contributed by atoms with Gasteiger partial charge >= 0.3 is 0 Å². The second-order valence-electron chi connectivity index (χ2n) is 8.11. The quantitative estimate of drug-likeness (QED) is 0.788. The smallest absolute Gasteiger partial charge is 0.262 e. The summed E-state index contributed by atoms with van der Waals surface area (Å²) in [5.74, 6) is 4.25. The summed E-state index contributed by atoms with van der Waals surface area (Å²) >= 11 is 2.18. The lowest BCUT2D eigenvalue weighted by atomic mass is 9.50. The molecule has 23 heavy (non-hydrogen) atoms. The topological polar surface area (TPSA) is 43.4 Å². The molecule has 1 aliphatic heterocycles. The molecule has 5 saturated carbocycles. The minimum Gasteiger partial charge on any atom is -0.262 e. The number of fused-ring (bicyclic) bond motifs is 2. The van der Waals surface area contributed by atoms with Crippen LogP contribution in [0.25, 0.3) is 0 Å². The van der Waals surface area contributed by atoms with Gasteiger partial charge in [-0.05, 0) is 55.6 Å². The van der Waals surface area contributed by atoms with E-state index < -0.39 is 10.1 Å². The molecule has 1 saturated heterocycles. The Balaban J connectivity index is 1.35. The van der Waals surface area contributed by atoms with E-state index in [-0.39, 0.29) is 6.10 Å². The van der Waals surface area contributed by atoms with E-state index >= 15 is 0 Å². The number of aryl methyl sites for hydroxylation is 1. The molecule has 1 aromatic carbocycles. The molecular weight excluding hydrogens is 328 g/mol. The van der Waals surface area contributed by atoms with Gasteiger partial charge in [-0.1, -0.05) is 17.7 Å². The summed E-state index contributed by atoms with van der Waals surface area (Å²) < 4.78 is 31.4. The van der Waals surface area contributed by atoms with Crippen molar-refractivity contribution in [2.75, 3.05) is 0 Å².